The third-order valence-electron chi connectivity index (χ3n) is 3.37. The average Bonchev–Trinajstić information content (AvgIpc) is 2.89. The second kappa shape index (κ2) is 3.40. The van der Waals surface area contributed by atoms with Crippen LogP contribution in [0.25, 0.3) is 11.0 Å². The summed E-state index contributed by atoms with van der Waals surface area (Å²) in [4.78, 5) is 0. The number of nitrogens with two attached hydrogens (primary N) is 1. The highest BCUT2D eigenvalue weighted by Crippen LogP contribution is 2.49. The van der Waals surface area contributed by atoms with Crippen LogP contribution >= 0.6 is 11.6 Å². The zero-order chi connectivity index (χ0) is 12.2. The summed E-state index contributed by atoms with van der Waals surface area (Å²) in [5.41, 5.74) is 7.60. The molecule has 17 heavy (non-hydrogen) atoms. The summed E-state index contributed by atoms with van der Waals surface area (Å²) in [5, 5.41) is 1.58. The average molecular weight is 252 g/mol. The first-order valence-electron chi connectivity index (χ1n) is 5.61. The van der Waals surface area contributed by atoms with E-state index in [1.54, 1.807) is 7.11 Å². The third kappa shape index (κ3) is 1.53. The monoisotopic (exact) mass is 251 g/mol. The van der Waals surface area contributed by atoms with Crippen LogP contribution in [0.3, 0.4) is 0 Å². The molecule has 1 aliphatic rings. The lowest BCUT2D eigenvalue weighted by molar-refractivity contribution is 0.407. The number of rotatable bonds is 2. The Labute approximate surface area is 104 Å². The molecule has 90 valence electrons. The van der Waals surface area contributed by atoms with E-state index in [2.05, 4.69) is 0 Å². The van der Waals surface area contributed by atoms with Gasteiger partial charge in [0, 0.05) is 10.9 Å². The molecule has 4 heteroatoms. The number of aryl methyl sites for hydroxylation is 1. The summed E-state index contributed by atoms with van der Waals surface area (Å²) in [7, 11) is 1.63. The molecule has 1 heterocycles. The zero-order valence-corrected chi connectivity index (χ0v) is 10.6. The van der Waals surface area contributed by atoms with Gasteiger partial charge in [-0.25, -0.2) is 0 Å². The Morgan fingerprint density at radius 1 is 1.41 bits per heavy atom. The Balaban J connectivity index is 2.34. The highest BCUT2D eigenvalue weighted by molar-refractivity contribution is 6.36. The maximum absolute atomic E-state index is 6.41. The van der Waals surface area contributed by atoms with E-state index in [0.29, 0.717) is 16.4 Å². The second-order valence-corrected chi connectivity index (χ2v) is 5.07. The molecule has 1 aromatic heterocycles. The number of hydrogen-bond acceptors (Lipinski definition) is 3. The van der Waals surface area contributed by atoms with Crippen molar-refractivity contribution in [3.05, 3.63) is 28.5 Å². The van der Waals surface area contributed by atoms with Crippen LogP contribution in [0, 0.1) is 6.92 Å². The van der Waals surface area contributed by atoms with E-state index in [0.717, 1.165) is 29.6 Å². The van der Waals surface area contributed by atoms with E-state index in [1.165, 1.54) is 0 Å². The molecule has 2 N–H and O–H groups in total. The third-order valence-corrected chi connectivity index (χ3v) is 3.78. The largest absolute Gasteiger partial charge is 0.493 e. The van der Waals surface area contributed by atoms with Crippen LogP contribution in [-0.4, -0.2) is 7.11 Å². The molecular weight excluding hydrogens is 238 g/mol. The van der Waals surface area contributed by atoms with Crippen molar-refractivity contribution in [3.8, 4) is 5.75 Å². The molecule has 0 saturated heterocycles. The van der Waals surface area contributed by atoms with Gasteiger partial charge in [-0.05, 0) is 37.5 Å². The standard InChI is InChI=1S/C13H14ClNO2/c1-7-5-8-11(14)9(13(15)3-4-13)6-10(16-2)12(8)17-7/h5-6H,3-4,15H2,1-2H3. The van der Waals surface area contributed by atoms with Crippen LogP contribution in [0.15, 0.2) is 16.5 Å². The fourth-order valence-electron chi connectivity index (χ4n) is 2.18. The van der Waals surface area contributed by atoms with Gasteiger partial charge in [0.15, 0.2) is 11.3 Å². The number of hydrogen-bond donors (Lipinski definition) is 1. The van der Waals surface area contributed by atoms with Gasteiger partial charge >= 0.3 is 0 Å². The van der Waals surface area contributed by atoms with E-state index in [1.807, 2.05) is 19.1 Å². The minimum atomic E-state index is -0.274. The van der Waals surface area contributed by atoms with Crippen LogP contribution in [0.5, 0.6) is 5.75 Å². The molecule has 0 aliphatic heterocycles. The van der Waals surface area contributed by atoms with Crippen molar-refractivity contribution in [2.75, 3.05) is 7.11 Å². The molecule has 1 aromatic carbocycles. The van der Waals surface area contributed by atoms with Gasteiger partial charge < -0.3 is 14.9 Å². The van der Waals surface area contributed by atoms with Gasteiger partial charge in [-0.1, -0.05) is 11.6 Å². The van der Waals surface area contributed by atoms with Gasteiger partial charge in [0.2, 0.25) is 0 Å². The number of benzene rings is 1. The number of furan rings is 1. The van der Waals surface area contributed by atoms with Crippen molar-refractivity contribution in [1.82, 2.24) is 0 Å². The Morgan fingerprint density at radius 3 is 2.71 bits per heavy atom. The SMILES string of the molecule is COc1cc(C2(N)CC2)c(Cl)c2cc(C)oc12. The summed E-state index contributed by atoms with van der Waals surface area (Å²) in [6.45, 7) is 1.89. The van der Waals surface area contributed by atoms with Crippen molar-refractivity contribution in [2.24, 2.45) is 5.73 Å². The van der Waals surface area contributed by atoms with Crippen LogP contribution in [0.2, 0.25) is 5.02 Å². The maximum atomic E-state index is 6.41. The molecule has 0 spiro atoms. The van der Waals surface area contributed by atoms with Gasteiger partial charge in [0.25, 0.3) is 0 Å². The normalized spacial score (nSPS) is 17.4. The molecule has 0 atom stereocenters. The highest BCUT2D eigenvalue weighted by Gasteiger charge is 2.42. The number of fused-ring (bicyclic) bond motifs is 1. The van der Waals surface area contributed by atoms with E-state index in [9.17, 15) is 0 Å². The zero-order valence-electron chi connectivity index (χ0n) is 9.84. The lowest BCUT2D eigenvalue weighted by atomic mass is 10.0. The van der Waals surface area contributed by atoms with E-state index < -0.39 is 0 Å². The van der Waals surface area contributed by atoms with Crippen molar-refractivity contribution < 1.29 is 9.15 Å². The smallest absolute Gasteiger partial charge is 0.177 e. The van der Waals surface area contributed by atoms with E-state index in [4.69, 9.17) is 26.5 Å². The maximum Gasteiger partial charge on any atom is 0.177 e. The minimum absolute atomic E-state index is 0.274. The topological polar surface area (TPSA) is 48.4 Å². The second-order valence-electron chi connectivity index (χ2n) is 4.70. The summed E-state index contributed by atoms with van der Waals surface area (Å²) >= 11 is 6.41. The van der Waals surface area contributed by atoms with Gasteiger partial charge in [-0.2, -0.15) is 0 Å². The van der Waals surface area contributed by atoms with Crippen molar-refractivity contribution in [3.63, 3.8) is 0 Å². The Kier molecular flexibility index (Phi) is 2.19. The van der Waals surface area contributed by atoms with Gasteiger partial charge in [-0.3, -0.25) is 0 Å². The molecule has 1 saturated carbocycles. The molecular formula is C13H14ClNO2. The van der Waals surface area contributed by atoms with Crippen LogP contribution in [-0.2, 0) is 5.54 Å². The predicted octanol–water partition coefficient (Wildman–Crippen LogP) is 3.35. The summed E-state index contributed by atoms with van der Waals surface area (Å²) < 4.78 is 11.0. The summed E-state index contributed by atoms with van der Waals surface area (Å²) in [6.07, 6.45) is 1.94. The molecule has 0 unspecified atom stereocenters. The predicted molar refractivity (Wildman–Crippen MR) is 67.6 cm³/mol. The van der Waals surface area contributed by atoms with Crippen LogP contribution in [0.4, 0.5) is 0 Å². The van der Waals surface area contributed by atoms with Crippen LogP contribution < -0.4 is 10.5 Å². The van der Waals surface area contributed by atoms with Crippen molar-refractivity contribution in [2.45, 2.75) is 25.3 Å². The molecule has 3 nitrogen and oxygen atoms in total. The Hall–Kier alpha value is -1.19. The number of halogens is 1. The fraction of sp³-hybridized carbons (Fsp3) is 0.385. The number of methoxy groups -OCH3 is 1. The van der Waals surface area contributed by atoms with E-state index >= 15 is 0 Å². The van der Waals surface area contributed by atoms with Gasteiger partial charge in [0.1, 0.15) is 5.76 Å². The summed E-state index contributed by atoms with van der Waals surface area (Å²) in [5.74, 6) is 1.52. The number of ether oxygens (including phenoxy) is 1. The van der Waals surface area contributed by atoms with E-state index in [-0.39, 0.29) is 5.54 Å². The molecule has 2 aromatic rings. The quantitative estimate of drug-likeness (QED) is 0.890. The Bertz CT molecular complexity index is 599. The van der Waals surface area contributed by atoms with Crippen LogP contribution in [0.1, 0.15) is 24.2 Å². The first-order valence-corrected chi connectivity index (χ1v) is 5.99. The minimum Gasteiger partial charge on any atom is -0.493 e. The van der Waals surface area contributed by atoms with Gasteiger partial charge in [0.05, 0.1) is 12.1 Å². The lowest BCUT2D eigenvalue weighted by Crippen LogP contribution is -2.19. The van der Waals surface area contributed by atoms with Crippen molar-refractivity contribution >= 4 is 22.6 Å². The van der Waals surface area contributed by atoms with Gasteiger partial charge in [-0.15, -0.1) is 0 Å². The summed E-state index contributed by atoms with van der Waals surface area (Å²) in [6, 6.07) is 3.83. The molecule has 1 aliphatic carbocycles. The fourth-order valence-corrected chi connectivity index (χ4v) is 2.57. The van der Waals surface area contributed by atoms with Crippen molar-refractivity contribution in [1.29, 1.82) is 0 Å². The first-order chi connectivity index (χ1) is 8.05. The molecule has 0 radical (unpaired) electrons. The molecule has 0 bridgehead atoms. The Morgan fingerprint density at radius 2 is 2.12 bits per heavy atom. The molecule has 3 rings (SSSR count). The molecule has 1 fully saturated rings. The molecule has 0 amide bonds. The first kappa shape index (κ1) is 10.9. The lowest BCUT2D eigenvalue weighted by Gasteiger charge is -2.13. The highest BCUT2D eigenvalue weighted by atomic mass is 35.5.